The van der Waals surface area contributed by atoms with Crippen molar-refractivity contribution < 1.29 is 27.4 Å². The fourth-order valence-electron chi connectivity index (χ4n) is 0.952. The van der Waals surface area contributed by atoms with Crippen LogP contribution in [0.2, 0.25) is 0 Å². The third kappa shape index (κ3) is 3.45. The molecule has 0 spiro atoms. The maximum Gasteiger partial charge on any atom is 0.490 e. The number of alkyl halides is 3. The van der Waals surface area contributed by atoms with E-state index in [2.05, 4.69) is 4.74 Å². The van der Waals surface area contributed by atoms with E-state index in [9.17, 15) is 18.0 Å². The van der Waals surface area contributed by atoms with Crippen LogP contribution in [-0.2, 0) is 16.1 Å². The average Bonchev–Trinajstić information content (AvgIpc) is 2.25. The molecule has 6 heteroatoms. The van der Waals surface area contributed by atoms with Crippen LogP contribution < -0.4 is 4.74 Å². The minimum atomic E-state index is -4.95. The van der Waals surface area contributed by atoms with Crippen LogP contribution in [0.5, 0.6) is 5.75 Å². The third-order valence-corrected chi connectivity index (χ3v) is 1.76. The molecule has 0 saturated heterocycles. The molecule has 0 saturated carbocycles. The van der Waals surface area contributed by atoms with Crippen molar-refractivity contribution >= 4 is 5.97 Å². The van der Waals surface area contributed by atoms with Gasteiger partial charge in [-0.3, -0.25) is 0 Å². The number of hydrogen-bond donors (Lipinski definition) is 0. The van der Waals surface area contributed by atoms with Crippen LogP contribution in [0.4, 0.5) is 13.2 Å². The van der Waals surface area contributed by atoms with Gasteiger partial charge in [0.2, 0.25) is 0 Å². The quantitative estimate of drug-likeness (QED) is 0.753. The SMILES string of the molecule is COc1ccc(COC(=O)C(F)(F)F)cc1. The number of carbonyl (C=O) groups is 1. The summed E-state index contributed by atoms with van der Waals surface area (Å²) < 4.78 is 44.3. The highest BCUT2D eigenvalue weighted by atomic mass is 19.4. The molecule has 0 fully saturated rings. The van der Waals surface area contributed by atoms with Crippen molar-refractivity contribution in [3.05, 3.63) is 29.8 Å². The largest absolute Gasteiger partial charge is 0.497 e. The van der Waals surface area contributed by atoms with E-state index in [0.29, 0.717) is 11.3 Å². The third-order valence-electron chi connectivity index (χ3n) is 1.76. The topological polar surface area (TPSA) is 35.5 Å². The van der Waals surface area contributed by atoms with Crippen molar-refractivity contribution in [2.24, 2.45) is 0 Å². The van der Waals surface area contributed by atoms with Gasteiger partial charge in [0, 0.05) is 0 Å². The van der Waals surface area contributed by atoms with Crippen molar-refractivity contribution in [2.75, 3.05) is 7.11 Å². The molecule has 0 radical (unpaired) electrons. The van der Waals surface area contributed by atoms with Gasteiger partial charge in [-0.05, 0) is 17.7 Å². The first-order valence-corrected chi connectivity index (χ1v) is 4.30. The van der Waals surface area contributed by atoms with Crippen LogP contribution in [0.3, 0.4) is 0 Å². The molecular weight excluding hydrogens is 225 g/mol. The van der Waals surface area contributed by atoms with Gasteiger partial charge in [0.25, 0.3) is 0 Å². The summed E-state index contributed by atoms with van der Waals surface area (Å²) in [5.74, 6) is -1.62. The highest BCUT2D eigenvalue weighted by Crippen LogP contribution is 2.18. The van der Waals surface area contributed by atoms with Gasteiger partial charge in [-0.25, -0.2) is 4.79 Å². The second-order valence-electron chi connectivity index (χ2n) is 2.92. The van der Waals surface area contributed by atoms with Crippen molar-refractivity contribution in [3.8, 4) is 5.75 Å². The van der Waals surface area contributed by atoms with Crippen molar-refractivity contribution in [2.45, 2.75) is 12.8 Å². The van der Waals surface area contributed by atoms with E-state index in [4.69, 9.17) is 4.74 Å². The summed E-state index contributed by atoms with van der Waals surface area (Å²) in [7, 11) is 1.47. The number of halogens is 3. The van der Waals surface area contributed by atoms with Gasteiger partial charge < -0.3 is 9.47 Å². The van der Waals surface area contributed by atoms with E-state index >= 15 is 0 Å². The van der Waals surface area contributed by atoms with E-state index < -0.39 is 18.8 Å². The Bertz CT molecular complexity index is 357. The second kappa shape index (κ2) is 4.87. The lowest BCUT2D eigenvalue weighted by atomic mass is 10.2. The normalized spacial score (nSPS) is 11.0. The highest BCUT2D eigenvalue weighted by molar-refractivity contribution is 5.75. The van der Waals surface area contributed by atoms with Gasteiger partial charge in [0.05, 0.1) is 7.11 Å². The Balaban J connectivity index is 2.52. The standard InChI is InChI=1S/C10H9F3O3/c1-15-8-4-2-7(3-5-8)6-16-9(14)10(11,12)13/h2-5H,6H2,1H3. The number of hydrogen-bond acceptors (Lipinski definition) is 3. The first-order valence-electron chi connectivity index (χ1n) is 4.30. The maximum atomic E-state index is 11.8. The fourth-order valence-corrected chi connectivity index (χ4v) is 0.952. The molecule has 0 N–H and O–H groups in total. The van der Waals surface area contributed by atoms with Crippen LogP contribution in [0, 0.1) is 0 Å². The predicted molar refractivity (Wildman–Crippen MR) is 48.8 cm³/mol. The summed E-state index contributed by atoms with van der Waals surface area (Å²) in [4.78, 5) is 10.4. The van der Waals surface area contributed by atoms with E-state index in [1.54, 1.807) is 12.1 Å². The maximum absolute atomic E-state index is 11.8. The molecule has 0 aromatic heterocycles. The van der Waals surface area contributed by atoms with Crippen LogP contribution >= 0.6 is 0 Å². The molecule has 0 aliphatic rings. The Morgan fingerprint density at radius 1 is 1.25 bits per heavy atom. The zero-order valence-corrected chi connectivity index (χ0v) is 8.38. The number of methoxy groups -OCH3 is 1. The molecular formula is C10H9F3O3. The minimum absolute atomic E-state index is 0.414. The molecule has 0 amide bonds. The summed E-state index contributed by atoms with van der Waals surface area (Å²) in [6, 6.07) is 6.17. The number of carbonyl (C=O) groups excluding carboxylic acids is 1. The molecule has 88 valence electrons. The number of ether oxygens (including phenoxy) is 2. The van der Waals surface area contributed by atoms with Gasteiger partial charge >= 0.3 is 12.1 Å². The summed E-state index contributed by atoms with van der Waals surface area (Å²) in [5.41, 5.74) is 0.457. The van der Waals surface area contributed by atoms with E-state index in [-0.39, 0.29) is 0 Å². The zero-order valence-electron chi connectivity index (χ0n) is 8.38. The lowest BCUT2D eigenvalue weighted by Crippen LogP contribution is -2.25. The minimum Gasteiger partial charge on any atom is -0.497 e. The van der Waals surface area contributed by atoms with Crippen LogP contribution in [0.1, 0.15) is 5.56 Å². The molecule has 0 unspecified atom stereocenters. The Morgan fingerprint density at radius 3 is 2.25 bits per heavy atom. The van der Waals surface area contributed by atoms with E-state index in [1.165, 1.54) is 19.2 Å². The molecule has 1 aromatic rings. The Kier molecular flexibility index (Phi) is 3.76. The lowest BCUT2D eigenvalue weighted by molar-refractivity contribution is -0.201. The summed E-state index contributed by atoms with van der Waals surface area (Å²) in [6.07, 6.45) is -4.95. The van der Waals surface area contributed by atoms with Gasteiger partial charge in [0.1, 0.15) is 12.4 Å². The van der Waals surface area contributed by atoms with Crippen LogP contribution in [0.15, 0.2) is 24.3 Å². The van der Waals surface area contributed by atoms with Gasteiger partial charge in [0.15, 0.2) is 0 Å². The smallest absolute Gasteiger partial charge is 0.490 e. The van der Waals surface area contributed by atoms with Crippen molar-refractivity contribution in [1.29, 1.82) is 0 Å². The van der Waals surface area contributed by atoms with Gasteiger partial charge in [-0.2, -0.15) is 13.2 Å². The number of benzene rings is 1. The second-order valence-corrected chi connectivity index (χ2v) is 2.92. The Morgan fingerprint density at radius 2 is 1.81 bits per heavy atom. The number of esters is 1. The summed E-state index contributed by atoms with van der Waals surface area (Å²) in [6.45, 7) is -0.414. The molecule has 0 heterocycles. The molecule has 0 aliphatic heterocycles. The molecule has 3 nitrogen and oxygen atoms in total. The monoisotopic (exact) mass is 234 g/mol. The zero-order chi connectivity index (χ0) is 12.2. The molecule has 1 rings (SSSR count). The first-order chi connectivity index (χ1) is 7.43. The lowest BCUT2D eigenvalue weighted by Gasteiger charge is -2.07. The highest BCUT2D eigenvalue weighted by Gasteiger charge is 2.40. The van der Waals surface area contributed by atoms with Gasteiger partial charge in [-0.1, -0.05) is 12.1 Å². The Hall–Kier alpha value is -1.72. The van der Waals surface area contributed by atoms with E-state index in [1.807, 2.05) is 0 Å². The average molecular weight is 234 g/mol. The molecule has 0 aliphatic carbocycles. The van der Waals surface area contributed by atoms with Crippen molar-refractivity contribution in [1.82, 2.24) is 0 Å². The number of rotatable bonds is 3. The molecule has 0 bridgehead atoms. The molecule has 16 heavy (non-hydrogen) atoms. The summed E-state index contributed by atoms with van der Waals surface area (Å²) in [5, 5.41) is 0. The first kappa shape index (κ1) is 12.4. The Labute approximate surface area is 89.8 Å². The predicted octanol–water partition coefficient (Wildman–Crippen LogP) is 2.30. The fraction of sp³-hybridized carbons (Fsp3) is 0.300. The van der Waals surface area contributed by atoms with E-state index in [0.717, 1.165) is 0 Å². The molecule has 1 aromatic carbocycles. The summed E-state index contributed by atoms with van der Waals surface area (Å²) >= 11 is 0. The van der Waals surface area contributed by atoms with Crippen LogP contribution in [-0.4, -0.2) is 19.3 Å². The van der Waals surface area contributed by atoms with Gasteiger partial charge in [-0.15, -0.1) is 0 Å². The van der Waals surface area contributed by atoms with Crippen molar-refractivity contribution in [3.63, 3.8) is 0 Å². The molecule has 0 atom stereocenters. The van der Waals surface area contributed by atoms with Crippen LogP contribution in [0.25, 0.3) is 0 Å².